The lowest BCUT2D eigenvalue weighted by atomic mass is 10.2. The first kappa shape index (κ1) is 19.3. The largest absolute Gasteiger partial charge is 0.492 e. The molecule has 0 atom stereocenters. The van der Waals surface area contributed by atoms with Crippen molar-refractivity contribution in [1.29, 1.82) is 0 Å². The van der Waals surface area contributed by atoms with E-state index < -0.39 is 5.97 Å². The Kier molecular flexibility index (Phi) is 6.08. The first-order chi connectivity index (χ1) is 13.0. The molecule has 140 valence electrons. The highest BCUT2D eigenvalue weighted by Gasteiger charge is 2.16. The minimum Gasteiger partial charge on any atom is -0.492 e. The lowest BCUT2D eigenvalue weighted by Crippen LogP contribution is -2.22. The minimum atomic E-state index is -0.433. The van der Waals surface area contributed by atoms with E-state index in [9.17, 15) is 9.59 Å². The molecular formula is C19H17BrN2O4S. The van der Waals surface area contributed by atoms with Crippen LogP contribution in [0.2, 0.25) is 0 Å². The number of methoxy groups -OCH3 is 1. The molecule has 2 aromatic carbocycles. The fraction of sp³-hybridized carbons (Fsp3) is 0.211. The first-order valence-electron chi connectivity index (χ1n) is 8.20. The number of para-hydroxylation sites is 1. The van der Waals surface area contributed by atoms with Crippen molar-refractivity contribution < 1.29 is 19.1 Å². The minimum absolute atomic E-state index is 0.0643. The molecule has 1 heterocycles. The van der Waals surface area contributed by atoms with Crippen LogP contribution in [0.1, 0.15) is 17.3 Å². The summed E-state index contributed by atoms with van der Waals surface area (Å²) in [5.41, 5.74) is 1.17. The third-order valence-corrected chi connectivity index (χ3v) is 5.28. The predicted octanol–water partition coefficient (Wildman–Crippen LogP) is 3.78. The lowest BCUT2D eigenvalue weighted by molar-refractivity contribution is -0.141. The molecule has 3 aromatic rings. The number of esters is 1. The average molecular weight is 449 g/mol. The van der Waals surface area contributed by atoms with Crippen LogP contribution >= 0.6 is 27.3 Å². The monoisotopic (exact) mass is 448 g/mol. The van der Waals surface area contributed by atoms with Gasteiger partial charge in [-0.3, -0.25) is 9.59 Å². The van der Waals surface area contributed by atoms with E-state index in [4.69, 9.17) is 9.47 Å². The predicted molar refractivity (Wildman–Crippen MR) is 107 cm³/mol. The smallest absolute Gasteiger partial charge is 0.325 e. The Morgan fingerprint density at radius 2 is 2.00 bits per heavy atom. The van der Waals surface area contributed by atoms with Crippen molar-refractivity contribution in [1.82, 2.24) is 4.57 Å². The summed E-state index contributed by atoms with van der Waals surface area (Å²) in [6.07, 6.45) is 0. The number of rotatable bonds is 5. The fourth-order valence-electron chi connectivity index (χ4n) is 2.57. The van der Waals surface area contributed by atoms with Gasteiger partial charge in [0.2, 0.25) is 0 Å². The summed E-state index contributed by atoms with van der Waals surface area (Å²) in [7, 11) is 1.32. The van der Waals surface area contributed by atoms with Crippen LogP contribution in [-0.2, 0) is 16.1 Å². The maximum Gasteiger partial charge on any atom is 0.325 e. The number of carbonyl (C=O) groups is 2. The quantitative estimate of drug-likeness (QED) is 0.556. The molecule has 0 unspecified atom stereocenters. The number of nitrogens with zero attached hydrogens (tertiary/aromatic N) is 2. The van der Waals surface area contributed by atoms with Crippen LogP contribution in [0.15, 0.2) is 51.9 Å². The van der Waals surface area contributed by atoms with Gasteiger partial charge in [0.1, 0.15) is 17.8 Å². The van der Waals surface area contributed by atoms with Gasteiger partial charge in [-0.2, -0.15) is 4.99 Å². The Morgan fingerprint density at radius 3 is 2.70 bits per heavy atom. The molecule has 6 nitrogen and oxygen atoms in total. The molecule has 0 saturated heterocycles. The zero-order valence-corrected chi connectivity index (χ0v) is 17.2. The number of halogens is 1. The number of hydrogen-bond donors (Lipinski definition) is 0. The van der Waals surface area contributed by atoms with Gasteiger partial charge in [0.05, 0.1) is 18.4 Å². The van der Waals surface area contributed by atoms with E-state index in [1.165, 1.54) is 18.4 Å². The van der Waals surface area contributed by atoms with Crippen molar-refractivity contribution in [2.24, 2.45) is 4.99 Å². The second-order valence-corrected chi connectivity index (χ2v) is 7.43. The van der Waals surface area contributed by atoms with E-state index in [-0.39, 0.29) is 12.5 Å². The standard InChI is InChI=1S/C19H17BrN2O4S/c1-3-26-14-8-5-9-15-17(14)22(11-16(23)25-2)19(27-15)21-18(24)12-6-4-7-13(20)10-12/h4-10H,3,11H2,1-2H3. The summed E-state index contributed by atoms with van der Waals surface area (Å²) in [5.74, 6) is -0.191. The molecule has 8 heteroatoms. The van der Waals surface area contributed by atoms with Gasteiger partial charge in [0.25, 0.3) is 5.91 Å². The second kappa shape index (κ2) is 8.49. The summed E-state index contributed by atoms with van der Waals surface area (Å²) < 4.78 is 13.8. The van der Waals surface area contributed by atoms with E-state index in [0.717, 1.165) is 14.7 Å². The van der Waals surface area contributed by atoms with Crippen molar-refractivity contribution in [3.05, 3.63) is 57.3 Å². The molecule has 0 fully saturated rings. The van der Waals surface area contributed by atoms with Gasteiger partial charge in [0, 0.05) is 10.0 Å². The molecule has 0 aliphatic carbocycles. The molecule has 0 aliphatic rings. The highest BCUT2D eigenvalue weighted by Crippen LogP contribution is 2.27. The van der Waals surface area contributed by atoms with Gasteiger partial charge in [0.15, 0.2) is 4.80 Å². The Bertz CT molecular complexity index is 1070. The van der Waals surface area contributed by atoms with Gasteiger partial charge in [-0.15, -0.1) is 0 Å². The molecule has 3 rings (SSSR count). The summed E-state index contributed by atoms with van der Waals surface area (Å²) in [6, 6.07) is 12.6. The average Bonchev–Trinajstić information content (AvgIpc) is 3.00. The van der Waals surface area contributed by atoms with E-state index in [1.54, 1.807) is 22.8 Å². The number of ether oxygens (including phenoxy) is 2. The normalized spacial score (nSPS) is 11.6. The van der Waals surface area contributed by atoms with Crippen molar-refractivity contribution >= 4 is 49.4 Å². The maximum absolute atomic E-state index is 12.6. The van der Waals surface area contributed by atoms with Crippen molar-refractivity contribution in [2.75, 3.05) is 13.7 Å². The molecule has 0 saturated carbocycles. The van der Waals surface area contributed by atoms with Crippen molar-refractivity contribution in [3.63, 3.8) is 0 Å². The Hall–Kier alpha value is -2.45. The Morgan fingerprint density at radius 1 is 1.22 bits per heavy atom. The fourth-order valence-corrected chi connectivity index (χ4v) is 4.01. The van der Waals surface area contributed by atoms with Gasteiger partial charge < -0.3 is 14.0 Å². The van der Waals surface area contributed by atoms with Gasteiger partial charge in [-0.05, 0) is 37.3 Å². The summed E-state index contributed by atoms with van der Waals surface area (Å²) in [5, 5.41) is 0. The van der Waals surface area contributed by atoms with Crippen LogP contribution in [0.25, 0.3) is 10.2 Å². The molecule has 0 radical (unpaired) electrons. The second-order valence-electron chi connectivity index (χ2n) is 5.51. The molecule has 0 N–H and O–H groups in total. The number of hydrogen-bond acceptors (Lipinski definition) is 5. The van der Waals surface area contributed by atoms with Crippen LogP contribution in [-0.4, -0.2) is 30.2 Å². The van der Waals surface area contributed by atoms with E-state index >= 15 is 0 Å². The van der Waals surface area contributed by atoms with E-state index in [2.05, 4.69) is 20.9 Å². The number of benzene rings is 2. The third kappa shape index (κ3) is 4.28. The highest BCUT2D eigenvalue weighted by molar-refractivity contribution is 9.10. The topological polar surface area (TPSA) is 69.9 Å². The van der Waals surface area contributed by atoms with Crippen LogP contribution < -0.4 is 9.54 Å². The third-order valence-electron chi connectivity index (χ3n) is 3.75. The number of aromatic nitrogens is 1. The highest BCUT2D eigenvalue weighted by atomic mass is 79.9. The van der Waals surface area contributed by atoms with Crippen LogP contribution in [0, 0.1) is 0 Å². The summed E-state index contributed by atoms with van der Waals surface area (Å²) >= 11 is 4.67. The molecule has 1 amide bonds. The molecule has 0 spiro atoms. The Labute approximate surface area is 168 Å². The van der Waals surface area contributed by atoms with E-state index in [1.807, 2.05) is 31.2 Å². The maximum atomic E-state index is 12.6. The molecule has 0 aliphatic heterocycles. The van der Waals surface area contributed by atoms with Crippen LogP contribution in [0.3, 0.4) is 0 Å². The van der Waals surface area contributed by atoms with Crippen molar-refractivity contribution in [2.45, 2.75) is 13.5 Å². The van der Waals surface area contributed by atoms with Gasteiger partial charge >= 0.3 is 5.97 Å². The number of carbonyl (C=O) groups excluding carboxylic acids is 2. The zero-order valence-electron chi connectivity index (χ0n) is 14.8. The Balaban J connectivity index is 2.19. The number of fused-ring (bicyclic) bond motifs is 1. The molecule has 1 aromatic heterocycles. The summed E-state index contributed by atoms with van der Waals surface area (Å²) in [6.45, 7) is 2.31. The van der Waals surface area contributed by atoms with Crippen LogP contribution in [0.4, 0.5) is 0 Å². The lowest BCUT2D eigenvalue weighted by Gasteiger charge is -2.08. The molecule has 0 bridgehead atoms. The molecular weight excluding hydrogens is 432 g/mol. The van der Waals surface area contributed by atoms with Crippen molar-refractivity contribution in [3.8, 4) is 5.75 Å². The first-order valence-corrected chi connectivity index (χ1v) is 9.81. The van der Waals surface area contributed by atoms with Crippen LogP contribution in [0.5, 0.6) is 5.75 Å². The number of amides is 1. The molecule has 27 heavy (non-hydrogen) atoms. The zero-order chi connectivity index (χ0) is 19.4. The van der Waals surface area contributed by atoms with Gasteiger partial charge in [-0.1, -0.05) is 39.4 Å². The van der Waals surface area contributed by atoms with Gasteiger partial charge in [-0.25, -0.2) is 0 Å². The SMILES string of the molecule is CCOc1cccc2sc(=NC(=O)c3cccc(Br)c3)n(CC(=O)OC)c12. The van der Waals surface area contributed by atoms with E-state index in [0.29, 0.717) is 22.7 Å². The number of thiazole rings is 1. The summed E-state index contributed by atoms with van der Waals surface area (Å²) in [4.78, 5) is 29.2.